The topological polar surface area (TPSA) is 64.7 Å². The largest absolute Gasteiger partial charge is 0.372 e. The van der Waals surface area contributed by atoms with E-state index in [1.54, 1.807) is 23.5 Å². The Hall–Kier alpha value is -2.38. The van der Waals surface area contributed by atoms with Gasteiger partial charge in [-0.1, -0.05) is 0 Å². The molecule has 27 heavy (non-hydrogen) atoms. The van der Waals surface area contributed by atoms with Crippen molar-refractivity contribution >= 4 is 28.8 Å². The van der Waals surface area contributed by atoms with Crippen LogP contribution in [0.25, 0.3) is 0 Å². The molecule has 0 fully saturated rings. The molecule has 1 aromatic heterocycles. The number of benzene rings is 1. The van der Waals surface area contributed by atoms with E-state index in [1.807, 2.05) is 29.5 Å². The average Bonchev–Trinajstić information content (AvgIpc) is 3.05. The number of nitrogens with one attached hydrogen (secondary N) is 2. The summed E-state index contributed by atoms with van der Waals surface area (Å²) in [5, 5.41) is 2.05. The molecule has 0 aliphatic rings. The smallest absolute Gasteiger partial charge is 0.269 e. The molecule has 2 aromatic rings. The number of thiophene rings is 1. The first-order valence-electron chi connectivity index (χ1n) is 9.10. The van der Waals surface area contributed by atoms with Crippen LogP contribution in [-0.2, 0) is 11.3 Å². The number of anilines is 1. The summed E-state index contributed by atoms with van der Waals surface area (Å²) in [4.78, 5) is 29.6. The van der Waals surface area contributed by atoms with Gasteiger partial charge in [0.15, 0.2) is 0 Å². The molecule has 0 bridgehead atoms. The van der Waals surface area contributed by atoms with Crippen molar-refractivity contribution in [2.45, 2.75) is 27.3 Å². The lowest BCUT2D eigenvalue weighted by atomic mass is 10.2. The van der Waals surface area contributed by atoms with Crippen LogP contribution >= 0.6 is 11.3 Å². The monoisotopic (exact) mass is 388 g/mol. The summed E-state index contributed by atoms with van der Waals surface area (Å²) in [6.45, 7) is 8.99. The average molecular weight is 389 g/mol. The van der Waals surface area contributed by atoms with Gasteiger partial charge in [-0.25, -0.2) is 0 Å². The third-order valence-corrected chi connectivity index (χ3v) is 5.38. The van der Waals surface area contributed by atoms with E-state index in [0.717, 1.165) is 18.8 Å². The van der Waals surface area contributed by atoms with Gasteiger partial charge < -0.3 is 4.90 Å². The lowest BCUT2D eigenvalue weighted by Crippen LogP contribution is -2.45. The fraction of sp³-hybridized carbons (Fsp3) is 0.400. The third kappa shape index (κ3) is 6.08. The highest BCUT2D eigenvalue weighted by Gasteiger charge is 2.11. The van der Waals surface area contributed by atoms with Crippen LogP contribution in [0.1, 0.15) is 34.6 Å². The maximum Gasteiger partial charge on any atom is 0.269 e. The molecule has 7 heteroatoms. The molecule has 0 saturated heterocycles. The molecule has 0 radical (unpaired) electrons. The van der Waals surface area contributed by atoms with E-state index in [0.29, 0.717) is 12.1 Å². The lowest BCUT2D eigenvalue weighted by Gasteiger charge is -2.21. The number of likely N-dealkylation sites (N-methyl/N-ethyl adjacent to an activating group) is 1. The van der Waals surface area contributed by atoms with E-state index in [-0.39, 0.29) is 18.4 Å². The van der Waals surface area contributed by atoms with Crippen molar-refractivity contribution < 1.29 is 9.59 Å². The molecule has 0 atom stereocenters. The standard InChI is InChI=1S/C20H28N4O2S/c1-5-24(6-2)17-9-7-16(8-10-17)20(26)22-21-19(25)14-23(4)13-18-15(3)11-12-27-18/h7-12H,5-6,13-14H2,1-4H3,(H,21,25)(H,22,26). The molecule has 0 aliphatic carbocycles. The normalized spacial score (nSPS) is 10.7. The Morgan fingerprint density at radius 3 is 2.26 bits per heavy atom. The molecule has 1 heterocycles. The van der Waals surface area contributed by atoms with Gasteiger partial charge in [-0.05, 0) is 69.1 Å². The highest BCUT2D eigenvalue weighted by molar-refractivity contribution is 7.10. The Labute approximate surface area is 165 Å². The number of aryl methyl sites for hydroxylation is 1. The second-order valence-electron chi connectivity index (χ2n) is 6.42. The number of hydrazine groups is 1. The van der Waals surface area contributed by atoms with Gasteiger partial charge in [-0.15, -0.1) is 11.3 Å². The first-order valence-corrected chi connectivity index (χ1v) is 9.98. The first-order chi connectivity index (χ1) is 12.9. The van der Waals surface area contributed by atoms with Crippen LogP contribution in [0.3, 0.4) is 0 Å². The van der Waals surface area contributed by atoms with Crippen molar-refractivity contribution in [3.8, 4) is 0 Å². The number of amides is 2. The van der Waals surface area contributed by atoms with Crippen LogP contribution in [0.2, 0.25) is 0 Å². The highest BCUT2D eigenvalue weighted by atomic mass is 32.1. The van der Waals surface area contributed by atoms with Crippen molar-refractivity contribution in [3.63, 3.8) is 0 Å². The summed E-state index contributed by atoms with van der Waals surface area (Å²) < 4.78 is 0. The van der Waals surface area contributed by atoms with Gasteiger partial charge >= 0.3 is 0 Å². The maximum atomic E-state index is 12.2. The zero-order valence-electron chi connectivity index (χ0n) is 16.4. The highest BCUT2D eigenvalue weighted by Crippen LogP contribution is 2.17. The second-order valence-corrected chi connectivity index (χ2v) is 7.42. The van der Waals surface area contributed by atoms with Crippen LogP contribution < -0.4 is 15.8 Å². The quantitative estimate of drug-likeness (QED) is 0.683. The molecule has 1 aromatic carbocycles. The van der Waals surface area contributed by atoms with E-state index < -0.39 is 0 Å². The first kappa shape index (κ1) is 20.9. The van der Waals surface area contributed by atoms with Gasteiger partial charge in [-0.3, -0.25) is 25.3 Å². The van der Waals surface area contributed by atoms with E-state index in [9.17, 15) is 9.59 Å². The maximum absolute atomic E-state index is 12.2. The summed E-state index contributed by atoms with van der Waals surface area (Å²) in [7, 11) is 1.88. The summed E-state index contributed by atoms with van der Waals surface area (Å²) in [6, 6.07) is 9.43. The van der Waals surface area contributed by atoms with Crippen LogP contribution in [0.15, 0.2) is 35.7 Å². The number of carbonyl (C=O) groups is 2. The van der Waals surface area contributed by atoms with Gasteiger partial charge in [0.05, 0.1) is 6.54 Å². The molecule has 2 amide bonds. The van der Waals surface area contributed by atoms with Crippen molar-refractivity contribution in [2.24, 2.45) is 0 Å². The lowest BCUT2D eigenvalue weighted by molar-refractivity contribution is -0.122. The molecule has 6 nitrogen and oxygen atoms in total. The molecule has 0 spiro atoms. The predicted octanol–water partition coefficient (Wildman–Crippen LogP) is 2.80. The Balaban J connectivity index is 1.80. The van der Waals surface area contributed by atoms with Crippen molar-refractivity contribution in [1.82, 2.24) is 15.8 Å². The molecule has 0 unspecified atom stereocenters. The molecule has 2 rings (SSSR count). The molecule has 146 valence electrons. The van der Waals surface area contributed by atoms with Gasteiger partial charge in [0.1, 0.15) is 0 Å². The summed E-state index contributed by atoms with van der Waals surface area (Å²) >= 11 is 1.68. The summed E-state index contributed by atoms with van der Waals surface area (Å²) in [5.74, 6) is -0.578. The van der Waals surface area contributed by atoms with Crippen molar-refractivity contribution in [1.29, 1.82) is 0 Å². The minimum absolute atomic E-state index is 0.207. The number of rotatable bonds is 8. The van der Waals surface area contributed by atoms with Crippen LogP contribution in [0, 0.1) is 6.92 Å². The Bertz CT molecular complexity index is 754. The Kier molecular flexibility index (Phi) is 7.82. The zero-order chi connectivity index (χ0) is 19.8. The Morgan fingerprint density at radius 1 is 1.04 bits per heavy atom. The van der Waals surface area contributed by atoms with Crippen LogP contribution in [-0.4, -0.2) is 43.4 Å². The van der Waals surface area contributed by atoms with Crippen LogP contribution in [0.5, 0.6) is 0 Å². The fourth-order valence-corrected chi connectivity index (χ4v) is 3.75. The van der Waals surface area contributed by atoms with Crippen molar-refractivity contribution in [2.75, 3.05) is 31.6 Å². The van der Waals surface area contributed by atoms with Gasteiger partial charge in [-0.2, -0.15) is 0 Å². The van der Waals surface area contributed by atoms with Gasteiger partial charge in [0.2, 0.25) is 0 Å². The molecular formula is C20H28N4O2S. The number of nitrogens with zero attached hydrogens (tertiary/aromatic N) is 2. The molecule has 0 aliphatic heterocycles. The van der Waals surface area contributed by atoms with Gasteiger partial charge in [0, 0.05) is 35.8 Å². The minimum Gasteiger partial charge on any atom is -0.372 e. The summed E-state index contributed by atoms with van der Waals surface area (Å²) in [5.41, 5.74) is 7.77. The number of hydrogen-bond acceptors (Lipinski definition) is 5. The third-order valence-electron chi connectivity index (χ3n) is 4.37. The number of carbonyl (C=O) groups excluding carboxylic acids is 2. The van der Waals surface area contributed by atoms with E-state index in [1.165, 1.54) is 10.4 Å². The second kappa shape index (κ2) is 10.1. The van der Waals surface area contributed by atoms with E-state index >= 15 is 0 Å². The number of hydrogen-bond donors (Lipinski definition) is 2. The molecule has 0 saturated carbocycles. The SMILES string of the molecule is CCN(CC)c1ccc(C(=O)NNC(=O)CN(C)Cc2sccc2C)cc1. The predicted molar refractivity (Wildman–Crippen MR) is 111 cm³/mol. The van der Waals surface area contributed by atoms with E-state index in [4.69, 9.17) is 0 Å². The van der Waals surface area contributed by atoms with E-state index in [2.05, 4.69) is 42.6 Å². The summed E-state index contributed by atoms with van der Waals surface area (Å²) in [6.07, 6.45) is 0. The van der Waals surface area contributed by atoms with Gasteiger partial charge in [0.25, 0.3) is 11.8 Å². The zero-order valence-corrected chi connectivity index (χ0v) is 17.2. The molecule has 2 N–H and O–H groups in total. The van der Waals surface area contributed by atoms with Crippen molar-refractivity contribution in [3.05, 3.63) is 51.7 Å². The fourth-order valence-electron chi connectivity index (χ4n) is 2.76. The van der Waals surface area contributed by atoms with Crippen LogP contribution in [0.4, 0.5) is 5.69 Å². The Morgan fingerprint density at radius 2 is 1.70 bits per heavy atom. The molecular weight excluding hydrogens is 360 g/mol. The minimum atomic E-state index is -0.328.